The number of hydrogen-bond acceptors (Lipinski definition) is 3. The predicted octanol–water partition coefficient (Wildman–Crippen LogP) is 4.85. The van der Waals surface area contributed by atoms with E-state index in [2.05, 4.69) is 4.98 Å². The predicted molar refractivity (Wildman–Crippen MR) is 97.5 cm³/mol. The zero-order valence-corrected chi connectivity index (χ0v) is 15.1. The molecule has 2 heterocycles. The topological polar surface area (TPSA) is 51.4 Å². The van der Waals surface area contributed by atoms with Gasteiger partial charge in [-0.15, -0.1) is 0 Å². The minimum Gasteiger partial charge on any atom is -0.289 e. The van der Waals surface area contributed by atoms with Crippen molar-refractivity contribution in [1.82, 2.24) is 9.38 Å². The number of hydrogen-bond donors (Lipinski definition) is 0. The summed E-state index contributed by atoms with van der Waals surface area (Å²) in [5.74, 6) is 0. The molecule has 2 aromatic heterocycles. The first kappa shape index (κ1) is 18.2. The van der Waals surface area contributed by atoms with E-state index in [9.17, 15) is 21.6 Å². The third-order valence-corrected chi connectivity index (χ3v) is 6.05. The van der Waals surface area contributed by atoms with E-state index >= 15 is 0 Å². The summed E-state index contributed by atoms with van der Waals surface area (Å²) in [5.41, 5.74) is -0.249. The highest BCUT2D eigenvalue weighted by Gasteiger charge is 2.33. The van der Waals surface area contributed by atoms with Crippen molar-refractivity contribution in [3.63, 3.8) is 0 Å². The summed E-state index contributed by atoms with van der Waals surface area (Å²) in [6.07, 6.45) is -3.84. The molecule has 0 aliphatic carbocycles. The number of fused-ring (bicyclic) bond motifs is 1. The summed E-state index contributed by atoms with van der Waals surface area (Å²) in [6, 6.07) is 18.1. The molecule has 0 atom stereocenters. The molecule has 0 spiro atoms. The second kappa shape index (κ2) is 6.49. The summed E-state index contributed by atoms with van der Waals surface area (Å²) in [6.45, 7) is 0. The highest BCUT2D eigenvalue weighted by molar-refractivity contribution is 7.91. The molecular formula is C20H13F3N2O2S. The van der Waals surface area contributed by atoms with Crippen LogP contribution in [0.4, 0.5) is 13.2 Å². The van der Waals surface area contributed by atoms with Gasteiger partial charge in [-0.1, -0.05) is 48.5 Å². The molecule has 4 rings (SSSR count). The van der Waals surface area contributed by atoms with Crippen LogP contribution in [0, 0.1) is 0 Å². The first-order valence-electron chi connectivity index (χ1n) is 8.23. The van der Waals surface area contributed by atoms with Gasteiger partial charge < -0.3 is 0 Å². The molecular weight excluding hydrogens is 389 g/mol. The van der Waals surface area contributed by atoms with E-state index in [1.807, 2.05) is 0 Å². The molecule has 142 valence electrons. The maximum Gasteiger partial charge on any atom is 0.417 e. The Morgan fingerprint density at radius 1 is 0.821 bits per heavy atom. The van der Waals surface area contributed by atoms with Crippen LogP contribution < -0.4 is 0 Å². The number of nitrogens with zero attached hydrogens (tertiary/aromatic N) is 2. The second-order valence-corrected chi connectivity index (χ2v) is 7.96. The third-order valence-electron chi connectivity index (χ3n) is 4.26. The van der Waals surface area contributed by atoms with Gasteiger partial charge in [-0.2, -0.15) is 13.2 Å². The van der Waals surface area contributed by atoms with Crippen molar-refractivity contribution in [3.8, 4) is 11.3 Å². The summed E-state index contributed by atoms with van der Waals surface area (Å²) >= 11 is 0. The molecule has 0 saturated carbocycles. The second-order valence-electron chi connectivity index (χ2n) is 6.09. The van der Waals surface area contributed by atoms with Crippen molar-refractivity contribution in [2.45, 2.75) is 16.1 Å². The van der Waals surface area contributed by atoms with Crippen LogP contribution in [0.15, 0.2) is 88.9 Å². The Kier molecular flexibility index (Phi) is 4.23. The number of pyridine rings is 1. The van der Waals surface area contributed by atoms with Gasteiger partial charge in [0, 0.05) is 11.8 Å². The molecule has 0 N–H and O–H groups in total. The fourth-order valence-corrected chi connectivity index (χ4v) is 4.50. The van der Waals surface area contributed by atoms with Crippen LogP contribution in [0.5, 0.6) is 0 Å². The quantitative estimate of drug-likeness (QED) is 0.492. The Balaban J connectivity index is 2.09. The average molecular weight is 402 g/mol. The van der Waals surface area contributed by atoms with Gasteiger partial charge in [0.1, 0.15) is 11.3 Å². The molecule has 8 heteroatoms. The number of halogens is 3. The van der Waals surface area contributed by atoms with Crippen LogP contribution >= 0.6 is 0 Å². The van der Waals surface area contributed by atoms with Crippen molar-refractivity contribution in [2.75, 3.05) is 0 Å². The molecule has 28 heavy (non-hydrogen) atoms. The Morgan fingerprint density at radius 3 is 2.04 bits per heavy atom. The normalized spacial score (nSPS) is 12.4. The highest BCUT2D eigenvalue weighted by Crippen LogP contribution is 2.35. The zero-order valence-electron chi connectivity index (χ0n) is 14.3. The highest BCUT2D eigenvalue weighted by atomic mass is 32.2. The van der Waals surface area contributed by atoms with Gasteiger partial charge in [0.05, 0.1) is 10.5 Å². The van der Waals surface area contributed by atoms with Crippen molar-refractivity contribution in [1.29, 1.82) is 0 Å². The number of benzene rings is 2. The van der Waals surface area contributed by atoms with Crippen LogP contribution in [0.3, 0.4) is 0 Å². The van der Waals surface area contributed by atoms with Crippen molar-refractivity contribution >= 4 is 15.5 Å². The van der Waals surface area contributed by atoms with Crippen LogP contribution in [0.2, 0.25) is 0 Å². The Bertz CT molecular complexity index is 1250. The van der Waals surface area contributed by atoms with E-state index in [1.54, 1.807) is 48.5 Å². The summed E-state index contributed by atoms with van der Waals surface area (Å²) < 4.78 is 67.3. The molecule has 0 amide bonds. The molecule has 0 fully saturated rings. The lowest BCUT2D eigenvalue weighted by molar-refractivity contribution is -0.137. The lowest BCUT2D eigenvalue weighted by Gasteiger charge is -2.10. The largest absolute Gasteiger partial charge is 0.417 e. The van der Waals surface area contributed by atoms with Crippen LogP contribution in [0.25, 0.3) is 16.9 Å². The van der Waals surface area contributed by atoms with Gasteiger partial charge in [-0.25, -0.2) is 13.4 Å². The van der Waals surface area contributed by atoms with E-state index < -0.39 is 21.6 Å². The van der Waals surface area contributed by atoms with E-state index in [0.29, 0.717) is 5.56 Å². The average Bonchev–Trinajstić information content (AvgIpc) is 3.08. The minimum absolute atomic E-state index is 0.0219. The van der Waals surface area contributed by atoms with E-state index in [1.165, 1.54) is 18.2 Å². The van der Waals surface area contributed by atoms with Gasteiger partial charge in [-0.05, 0) is 24.3 Å². The molecule has 0 bridgehead atoms. The molecule has 2 aromatic carbocycles. The monoisotopic (exact) mass is 402 g/mol. The van der Waals surface area contributed by atoms with Gasteiger partial charge in [0.2, 0.25) is 9.84 Å². The van der Waals surface area contributed by atoms with Crippen molar-refractivity contribution in [3.05, 3.63) is 84.6 Å². The molecule has 4 aromatic rings. The Hall–Kier alpha value is -3.13. The molecule has 0 unspecified atom stereocenters. The van der Waals surface area contributed by atoms with Crippen molar-refractivity contribution in [2.24, 2.45) is 0 Å². The zero-order chi connectivity index (χ0) is 19.9. The van der Waals surface area contributed by atoms with Gasteiger partial charge in [0.15, 0.2) is 5.03 Å². The van der Waals surface area contributed by atoms with Gasteiger partial charge in [-0.3, -0.25) is 4.40 Å². The third kappa shape index (κ3) is 3.05. The summed E-state index contributed by atoms with van der Waals surface area (Å²) in [7, 11) is -4.13. The number of rotatable bonds is 3. The molecule has 4 nitrogen and oxygen atoms in total. The molecule has 0 aliphatic heterocycles. The van der Waals surface area contributed by atoms with E-state index in [4.69, 9.17) is 0 Å². The first-order valence-corrected chi connectivity index (χ1v) is 9.72. The number of sulfone groups is 1. The molecule has 0 aliphatic rings. The SMILES string of the molecule is O=S(=O)(c1ccccc1)c1c(-c2ccccc2)nc2ccc(C(F)(F)F)cn12. The van der Waals surface area contributed by atoms with E-state index in [-0.39, 0.29) is 21.3 Å². The standard InChI is InChI=1S/C20H13F3N2O2S/c21-20(22,23)15-11-12-17-24-18(14-7-3-1-4-8-14)19(25(17)13-15)28(26,27)16-9-5-2-6-10-16/h1-13H. The fourth-order valence-electron chi connectivity index (χ4n) is 2.94. The minimum atomic E-state index is -4.61. The Morgan fingerprint density at radius 2 is 1.43 bits per heavy atom. The van der Waals surface area contributed by atoms with Gasteiger partial charge in [0.25, 0.3) is 0 Å². The Labute approximate surface area is 158 Å². The molecule has 0 saturated heterocycles. The lowest BCUT2D eigenvalue weighted by atomic mass is 10.2. The summed E-state index contributed by atoms with van der Waals surface area (Å²) in [5, 5.41) is -0.300. The number of aromatic nitrogens is 2. The van der Waals surface area contributed by atoms with Crippen LogP contribution in [-0.4, -0.2) is 17.8 Å². The molecule has 0 radical (unpaired) electrons. The maximum atomic E-state index is 13.3. The maximum absolute atomic E-state index is 13.3. The number of alkyl halides is 3. The smallest absolute Gasteiger partial charge is 0.289 e. The van der Waals surface area contributed by atoms with E-state index in [0.717, 1.165) is 16.7 Å². The van der Waals surface area contributed by atoms with Crippen LogP contribution in [-0.2, 0) is 16.0 Å². The number of imidazole rings is 1. The first-order chi connectivity index (χ1) is 13.3. The van der Waals surface area contributed by atoms with Gasteiger partial charge >= 0.3 is 6.18 Å². The lowest BCUT2D eigenvalue weighted by Crippen LogP contribution is -2.10. The van der Waals surface area contributed by atoms with Crippen molar-refractivity contribution < 1.29 is 21.6 Å². The van der Waals surface area contributed by atoms with Crippen LogP contribution in [0.1, 0.15) is 5.56 Å². The fraction of sp³-hybridized carbons (Fsp3) is 0.0500. The summed E-state index contributed by atoms with van der Waals surface area (Å²) in [4.78, 5) is 4.29.